The number of anilines is 1. The Labute approximate surface area is 135 Å². The van der Waals surface area contributed by atoms with Gasteiger partial charge in [0, 0.05) is 5.02 Å². The minimum atomic E-state index is -0.273. The summed E-state index contributed by atoms with van der Waals surface area (Å²) < 4.78 is 0.924. The van der Waals surface area contributed by atoms with Crippen molar-refractivity contribution < 1.29 is 4.79 Å². The van der Waals surface area contributed by atoms with Crippen molar-refractivity contribution >= 4 is 55.8 Å². The predicted octanol–water partition coefficient (Wildman–Crippen LogP) is 5.16. The van der Waals surface area contributed by atoms with Gasteiger partial charge in [-0.1, -0.05) is 40.6 Å². The van der Waals surface area contributed by atoms with E-state index in [1.807, 2.05) is 25.1 Å². The van der Waals surface area contributed by atoms with E-state index in [0.717, 1.165) is 15.8 Å². The van der Waals surface area contributed by atoms with Gasteiger partial charge in [0.05, 0.1) is 20.8 Å². The number of fused-ring (bicyclic) bond motifs is 1. The van der Waals surface area contributed by atoms with Crippen LogP contribution in [0.25, 0.3) is 10.2 Å². The van der Waals surface area contributed by atoms with Crippen molar-refractivity contribution in [3.63, 3.8) is 0 Å². The fraction of sp³-hybridized carbons (Fsp3) is 0.0667. The molecule has 0 atom stereocenters. The number of nitrogens with zero attached hydrogens (tertiary/aromatic N) is 1. The first-order valence-corrected chi connectivity index (χ1v) is 7.74. The summed E-state index contributed by atoms with van der Waals surface area (Å²) in [5.41, 5.74) is 2.24. The lowest BCUT2D eigenvalue weighted by Gasteiger charge is -2.04. The Balaban J connectivity index is 1.89. The molecule has 0 aliphatic carbocycles. The number of amides is 1. The van der Waals surface area contributed by atoms with E-state index >= 15 is 0 Å². The van der Waals surface area contributed by atoms with Crippen LogP contribution < -0.4 is 5.32 Å². The van der Waals surface area contributed by atoms with E-state index < -0.39 is 0 Å². The maximum atomic E-state index is 12.2. The van der Waals surface area contributed by atoms with Gasteiger partial charge in [0.1, 0.15) is 0 Å². The van der Waals surface area contributed by atoms with E-state index in [4.69, 9.17) is 23.2 Å². The van der Waals surface area contributed by atoms with Gasteiger partial charge >= 0.3 is 0 Å². The topological polar surface area (TPSA) is 42.0 Å². The molecule has 0 aliphatic heterocycles. The van der Waals surface area contributed by atoms with Crippen LogP contribution in [0.4, 0.5) is 5.13 Å². The summed E-state index contributed by atoms with van der Waals surface area (Å²) in [5, 5.41) is 4.36. The van der Waals surface area contributed by atoms with Crippen LogP contribution in [-0.2, 0) is 0 Å². The number of carbonyl (C=O) groups is 1. The van der Waals surface area contributed by atoms with E-state index in [1.165, 1.54) is 11.3 Å². The summed E-state index contributed by atoms with van der Waals surface area (Å²) in [6.07, 6.45) is 0. The normalized spacial score (nSPS) is 10.8. The van der Waals surface area contributed by atoms with Gasteiger partial charge in [0.25, 0.3) is 5.91 Å². The Morgan fingerprint density at radius 2 is 2.00 bits per heavy atom. The van der Waals surface area contributed by atoms with Crippen LogP contribution in [0.3, 0.4) is 0 Å². The third-order valence-electron chi connectivity index (χ3n) is 2.94. The van der Waals surface area contributed by atoms with Crippen LogP contribution in [0.1, 0.15) is 15.9 Å². The van der Waals surface area contributed by atoms with Crippen molar-refractivity contribution in [3.8, 4) is 0 Å². The quantitative estimate of drug-likeness (QED) is 0.701. The van der Waals surface area contributed by atoms with Crippen molar-refractivity contribution in [1.82, 2.24) is 4.98 Å². The van der Waals surface area contributed by atoms with Crippen molar-refractivity contribution in [2.24, 2.45) is 0 Å². The number of carbonyl (C=O) groups excluding carboxylic acids is 1. The fourth-order valence-corrected chi connectivity index (χ4v) is 3.38. The van der Waals surface area contributed by atoms with Gasteiger partial charge in [-0.15, -0.1) is 0 Å². The molecule has 0 saturated heterocycles. The van der Waals surface area contributed by atoms with Crippen LogP contribution in [0, 0.1) is 6.92 Å². The van der Waals surface area contributed by atoms with E-state index in [9.17, 15) is 4.79 Å². The highest BCUT2D eigenvalue weighted by Crippen LogP contribution is 2.29. The summed E-state index contributed by atoms with van der Waals surface area (Å²) in [6.45, 7) is 1.92. The first-order chi connectivity index (χ1) is 10.0. The van der Waals surface area contributed by atoms with Crippen molar-refractivity contribution in [2.45, 2.75) is 6.92 Å². The van der Waals surface area contributed by atoms with Crippen molar-refractivity contribution in [1.29, 1.82) is 0 Å². The monoisotopic (exact) mass is 336 g/mol. The number of thiazole rings is 1. The SMILES string of the molecule is Cc1ccc(C(=O)Nc2nc3ccc(Cl)cc3s2)c(Cl)c1. The number of hydrogen-bond donors (Lipinski definition) is 1. The van der Waals surface area contributed by atoms with Crippen LogP contribution in [0.2, 0.25) is 10.0 Å². The molecule has 0 spiro atoms. The number of aryl methyl sites for hydroxylation is 1. The lowest BCUT2D eigenvalue weighted by molar-refractivity contribution is 0.102. The molecule has 1 aromatic heterocycles. The fourth-order valence-electron chi connectivity index (χ4n) is 1.92. The van der Waals surface area contributed by atoms with Gasteiger partial charge in [-0.25, -0.2) is 4.98 Å². The van der Waals surface area contributed by atoms with E-state index in [-0.39, 0.29) is 5.91 Å². The number of halogens is 2. The zero-order valence-corrected chi connectivity index (χ0v) is 13.3. The summed E-state index contributed by atoms with van der Waals surface area (Å²) in [7, 11) is 0. The second kappa shape index (κ2) is 5.64. The van der Waals surface area contributed by atoms with E-state index in [2.05, 4.69) is 10.3 Å². The van der Waals surface area contributed by atoms with Gasteiger partial charge in [-0.05, 0) is 42.8 Å². The Hall–Kier alpha value is -1.62. The van der Waals surface area contributed by atoms with Gasteiger partial charge in [-0.3, -0.25) is 10.1 Å². The van der Waals surface area contributed by atoms with Crippen LogP contribution in [0.15, 0.2) is 36.4 Å². The van der Waals surface area contributed by atoms with Gasteiger partial charge < -0.3 is 0 Å². The molecule has 6 heteroatoms. The minimum absolute atomic E-state index is 0.273. The lowest BCUT2D eigenvalue weighted by atomic mass is 10.1. The van der Waals surface area contributed by atoms with Crippen LogP contribution in [0.5, 0.6) is 0 Å². The third kappa shape index (κ3) is 3.02. The Bertz CT molecular complexity index is 845. The molecule has 0 saturated carbocycles. The van der Waals surface area contributed by atoms with Gasteiger partial charge in [-0.2, -0.15) is 0 Å². The summed E-state index contributed by atoms with van der Waals surface area (Å²) in [5.74, 6) is -0.273. The largest absolute Gasteiger partial charge is 0.298 e. The van der Waals surface area contributed by atoms with Crippen molar-refractivity contribution in [3.05, 3.63) is 57.6 Å². The molecule has 0 aliphatic rings. The molecule has 2 aromatic carbocycles. The molecule has 21 heavy (non-hydrogen) atoms. The molecular formula is C15H10Cl2N2OS. The average molecular weight is 337 g/mol. The maximum absolute atomic E-state index is 12.2. The Morgan fingerprint density at radius 1 is 1.19 bits per heavy atom. The molecule has 1 heterocycles. The van der Waals surface area contributed by atoms with Crippen molar-refractivity contribution in [2.75, 3.05) is 5.32 Å². The molecule has 3 nitrogen and oxygen atoms in total. The Kier molecular flexibility index (Phi) is 3.85. The summed E-state index contributed by atoms with van der Waals surface area (Å²) in [6, 6.07) is 10.7. The highest BCUT2D eigenvalue weighted by atomic mass is 35.5. The highest BCUT2D eigenvalue weighted by molar-refractivity contribution is 7.22. The maximum Gasteiger partial charge on any atom is 0.258 e. The first kappa shape index (κ1) is 14.3. The number of benzene rings is 2. The standard InChI is InChI=1S/C15H10Cl2N2OS/c1-8-2-4-10(11(17)6-8)14(20)19-15-18-12-5-3-9(16)7-13(12)21-15/h2-7H,1H3,(H,18,19,20). The predicted molar refractivity (Wildman–Crippen MR) is 88.8 cm³/mol. The molecule has 0 fully saturated rings. The average Bonchev–Trinajstić information content (AvgIpc) is 2.79. The number of nitrogens with one attached hydrogen (secondary N) is 1. The summed E-state index contributed by atoms with van der Waals surface area (Å²) >= 11 is 13.4. The van der Waals surface area contributed by atoms with Gasteiger partial charge in [0.2, 0.25) is 0 Å². The molecule has 1 amide bonds. The molecule has 3 aromatic rings. The number of aromatic nitrogens is 1. The lowest BCUT2D eigenvalue weighted by Crippen LogP contribution is -2.12. The molecule has 0 unspecified atom stereocenters. The second-order valence-electron chi connectivity index (χ2n) is 4.57. The Morgan fingerprint density at radius 3 is 2.76 bits per heavy atom. The zero-order chi connectivity index (χ0) is 15.0. The minimum Gasteiger partial charge on any atom is -0.298 e. The highest BCUT2D eigenvalue weighted by Gasteiger charge is 2.13. The molecule has 0 bridgehead atoms. The first-order valence-electron chi connectivity index (χ1n) is 6.16. The molecule has 1 N–H and O–H groups in total. The van der Waals surface area contributed by atoms with Crippen LogP contribution >= 0.6 is 34.5 Å². The number of hydrogen-bond acceptors (Lipinski definition) is 3. The van der Waals surface area contributed by atoms with E-state index in [0.29, 0.717) is 20.7 Å². The summed E-state index contributed by atoms with van der Waals surface area (Å²) in [4.78, 5) is 16.6. The van der Waals surface area contributed by atoms with Crippen LogP contribution in [-0.4, -0.2) is 10.9 Å². The number of rotatable bonds is 2. The molecule has 106 valence electrons. The van der Waals surface area contributed by atoms with E-state index in [1.54, 1.807) is 18.2 Å². The molecule has 0 radical (unpaired) electrons. The van der Waals surface area contributed by atoms with Gasteiger partial charge in [0.15, 0.2) is 5.13 Å². The molecule has 3 rings (SSSR count). The molecular weight excluding hydrogens is 327 g/mol. The third-order valence-corrected chi connectivity index (χ3v) is 4.42. The zero-order valence-electron chi connectivity index (χ0n) is 11.0. The smallest absolute Gasteiger partial charge is 0.258 e. The second-order valence-corrected chi connectivity index (χ2v) is 6.44.